The Balaban J connectivity index is 1.91. The van der Waals surface area contributed by atoms with Crippen molar-refractivity contribution in [3.63, 3.8) is 0 Å². The summed E-state index contributed by atoms with van der Waals surface area (Å²) in [6.45, 7) is 15.4. The van der Waals surface area contributed by atoms with E-state index in [0.717, 1.165) is 23.2 Å². The van der Waals surface area contributed by atoms with Crippen LogP contribution in [-0.4, -0.2) is 18.6 Å². The minimum absolute atomic E-state index is 0.0622. The van der Waals surface area contributed by atoms with E-state index >= 15 is 0 Å². The molecule has 1 aliphatic rings. The van der Waals surface area contributed by atoms with Crippen molar-refractivity contribution in [3.05, 3.63) is 77.0 Å². The number of hydrogen-bond donors (Lipinski definition) is 0. The Bertz CT molecular complexity index is 988. The third kappa shape index (κ3) is 4.38. The predicted octanol–water partition coefficient (Wildman–Crippen LogP) is 5.67. The summed E-state index contributed by atoms with van der Waals surface area (Å²) in [5.41, 5.74) is 6.12. The quantitative estimate of drug-likeness (QED) is 0.502. The number of nitrogens with zero attached hydrogens (tertiary/aromatic N) is 1. The summed E-state index contributed by atoms with van der Waals surface area (Å²) in [7, 11) is 0. The number of allylic oxidation sites excluding steroid dienone is 1. The molecular weight excluding hydrogens is 358 g/mol. The summed E-state index contributed by atoms with van der Waals surface area (Å²) in [6, 6.07) is 14.0. The summed E-state index contributed by atoms with van der Waals surface area (Å²) >= 11 is 0. The van der Waals surface area contributed by atoms with Crippen LogP contribution < -0.4 is 4.90 Å². The average molecular weight is 388 g/mol. The molecule has 0 saturated carbocycles. The Morgan fingerprint density at radius 3 is 2.38 bits per heavy atom. The van der Waals surface area contributed by atoms with Gasteiger partial charge in [0.1, 0.15) is 0 Å². The lowest BCUT2D eigenvalue weighted by atomic mass is 9.76. The summed E-state index contributed by atoms with van der Waals surface area (Å²) in [5.74, 6) is 6.16. The monoisotopic (exact) mass is 387 g/mol. The molecule has 3 heteroatoms. The second kappa shape index (κ2) is 8.17. The van der Waals surface area contributed by atoms with Gasteiger partial charge >= 0.3 is 5.97 Å². The number of esters is 1. The summed E-state index contributed by atoms with van der Waals surface area (Å²) < 4.78 is 5.02. The van der Waals surface area contributed by atoms with Crippen LogP contribution >= 0.6 is 0 Å². The molecule has 0 fully saturated rings. The van der Waals surface area contributed by atoms with Crippen LogP contribution in [0.15, 0.2) is 54.7 Å². The van der Waals surface area contributed by atoms with Crippen LogP contribution in [-0.2, 0) is 10.2 Å². The average Bonchev–Trinajstić information content (AvgIpc) is 2.66. The third-order valence-corrected chi connectivity index (χ3v) is 5.24. The first-order valence-electron chi connectivity index (χ1n) is 10.1. The fourth-order valence-electron chi connectivity index (χ4n) is 3.93. The number of benzene rings is 2. The summed E-state index contributed by atoms with van der Waals surface area (Å²) in [6.07, 6.45) is 0.954. The Labute approximate surface area is 174 Å². The molecule has 2 aromatic carbocycles. The lowest BCUT2D eigenvalue weighted by Crippen LogP contribution is -2.39. The molecule has 0 spiro atoms. The molecule has 0 atom stereocenters. The van der Waals surface area contributed by atoms with Crippen molar-refractivity contribution in [2.24, 2.45) is 0 Å². The molecule has 0 unspecified atom stereocenters. The highest BCUT2D eigenvalue weighted by atomic mass is 16.5. The number of rotatable bonds is 3. The molecule has 1 heterocycles. The first-order chi connectivity index (χ1) is 13.7. The van der Waals surface area contributed by atoms with E-state index in [9.17, 15) is 4.79 Å². The minimum Gasteiger partial charge on any atom is -0.462 e. The predicted molar refractivity (Wildman–Crippen MR) is 119 cm³/mol. The maximum absolute atomic E-state index is 11.8. The van der Waals surface area contributed by atoms with E-state index in [2.05, 4.69) is 69.2 Å². The van der Waals surface area contributed by atoms with Crippen molar-refractivity contribution in [2.45, 2.75) is 52.5 Å². The molecule has 0 amide bonds. The lowest BCUT2D eigenvalue weighted by molar-refractivity contribution is 0.0526. The van der Waals surface area contributed by atoms with E-state index in [1.807, 2.05) is 12.1 Å². The molecule has 2 aromatic rings. The molecule has 150 valence electrons. The molecule has 0 radical (unpaired) electrons. The molecule has 0 bridgehead atoms. The van der Waals surface area contributed by atoms with Gasteiger partial charge < -0.3 is 9.64 Å². The lowest BCUT2D eigenvalue weighted by Gasteiger charge is -2.43. The van der Waals surface area contributed by atoms with E-state index in [1.165, 1.54) is 11.3 Å². The highest BCUT2D eigenvalue weighted by Gasteiger charge is 2.34. The SMILES string of the molecule is C=C1CC(C)(C)c2ccc(C#Cc3ccc(C(=O)OCC)cc3)cc2N1C(C)C. The highest BCUT2D eigenvalue weighted by Crippen LogP contribution is 2.44. The summed E-state index contributed by atoms with van der Waals surface area (Å²) in [5, 5.41) is 0. The number of anilines is 1. The standard InChI is InChI=1S/C26H29NO2/c1-7-29-25(28)22-13-10-20(11-14-22)8-9-21-12-15-23-24(16-21)27(18(2)3)19(4)17-26(23,5)6/h10-16,18H,4,7,17H2,1-3,5-6H3. The van der Waals surface area contributed by atoms with E-state index in [-0.39, 0.29) is 11.4 Å². The van der Waals surface area contributed by atoms with Gasteiger partial charge in [0.25, 0.3) is 0 Å². The number of carbonyl (C=O) groups excluding carboxylic acids is 1. The van der Waals surface area contributed by atoms with Crippen LogP contribution in [0.3, 0.4) is 0 Å². The molecule has 1 aliphatic heterocycles. The van der Waals surface area contributed by atoms with Crippen LogP contribution in [0.25, 0.3) is 0 Å². The zero-order valence-corrected chi connectivity index (χ0v) is 18.0. The largest absolute Gasteiger partial charge is 0.462 e. The maximum Gasteiger partial charge on any atom is 0.338 e. The fraction of sp³-hybridized carbons (Fsp3) is 0.346. The van der Waals surface area contributed by atoms with E-state index in [4.69, 9.17) is 4.74 Å². The third-order valence-electron chi connectivity index (χ3n) is 5.24. The van der Waals surface area contributed by atoms with Gasteiger partial charge in [-0.25, -0.2) is 4.79 Å². The second-order valence-corrected chi connectivity index (χ2v) is 8.37. The van der Waals surface area contributed by atoms with E-state index < -0.39 is 0 Å². The van der Waals surface area contributed by atoms with Crippen LogP contribution in [0.5, 0.6) is 0 Å². The van der Waals surface area contributed by atoms with Crippen molar-refractivity contribution >= 4 is 11.7 Å². The van der Waals surface area contributed by atoms with Gasteiger partial charge in [0.15, 0.2) is 0 Å². The van der Waals surface area contributed by atoms with Gasteiger partial charge in [0.05, 0.1) is 12.2 Å². The Morgan fingerprint density at radius 2 is 1.76 bits per heavy atom. The zero-order chi connectivity index (χ0) is 21.2. The molecule has 0 saturated heterocycles. The van der Waals surface area contributed by atoms with Crippen molar-refractivity contribution in [3.8, 4) is 11.8 Å². The van der Waals surface area contributed by atoms with Gasteiger partial charge in [-0.3, -0.25) is 0 Å². The number of fused-ring (bicyclic) bond motifs is 1. The van der Waals surface area contributed by atoms with Gasteiger partial charge in [-0.2, -0.15) is 0 Å². The van der Waals surface area contributed by atoms with Crippen LogP contribution in [0.1, 0.15) is 68.1 Å². The van der Waals surface area contributed by atoms with Crippen LogP contribution in [0.4, 0.5) is 5.69 Å². The van der Waals surface area contributed by atoms with Gasteiger partial charge in [0, 0.05) is 28.6 Å². The molecule has 0 aromatic heterocycles. The van der Waals surface area contributed by atoms with Crippen LogP contribution in [0, 0.1) is 11.8 Å². The van der Waals surface area contributed by atoms with Crippen molar-refractivity contribution in [1.82, 2.24) is 0 Å². The number of hydrogen-bond acceptors (Lipinski definition) is 3. The number of carbonyl (C=O) groups is 1. The topological polar surface area (TPSA) is 29.5 Å². The molecule has 0 aliphatic carbocycles. The van der Waals surface area contributed by atoms with Gasteiger partial charge in [-0.15, -0.1) is 0 Å². The highest BCUT2D eigenvalue weighted by molar-refractivity contribution is 5.89. The van der Waals surface area contributed by atoms with Gasteiger partial charge in [-0.1, -0.05) is 38.3 Å². The first kappa shape index (κ1) is 20.7. The molecule has 3 nitrogen and oxygen atoms in total. The maximum atomic E-state index is 11.8. The Kier molecular flexibility index (Phi) is 5.84. The molecule has 3 rings (SSSR count). The fourth-order valence-corrected chi connectivity index (χ4v) is 3.93. The van der Waals surface area contributed by atoms with Gasteiger partial charge in [-0.05, 0) is 74.6 Å². The van der Waals surface area contributed by atoms with Gasteiger partial charge in [0.2, 0.25) is 0 Å². The van der Waals surface area contributed by atoms with Crippen molar-refractivity contribution in [2.75, 3.05) is 11.5 Å². The number of ether oxygens (including phenoxy) is 1. The Morgan fingerprint density at radius 1 is 1.14 bits per heavy atom. The molecule has 29 heavy (non-hydrogen) atoms. The minimum atomic E-state index is -0.307. The molecular formula is C26H29NO2. The first-order valence-corrected chi connectivity index (χ1v) is 10.1. The smallest absolute Gasteiger partial charge is 0.338 e. The van der Waals surface area contributed by atoms with Crippen molar-refractivity contribution in [1.29, 1.82) is 0 Å². The van der Waals surface area contributed by atoms with E-state index in [1.54, 1.807) is 19.1 Å². The second-order valence-electron chi connectivity index (χ2n) is 8.37. The van der Waals surface area contributed by atoms with E-state index in [0.29, 0.717) is 18.2 Å². The van der Waals surface area contributed by atoms with Crippen LogP contribution in [0.2, 0.25) is 0 Å². The van der Waals surface area contributed by atoms with Crippen molar-refractivity contribution < 1.29 is 9.53 Å². The normalized spacial score (nSPS) is 14.8. The molecule has 0 N–H and O–H groups in total. The zero-order valence-electron chi connectivity index (χ0n) is 18.0. The summed E-state index contributed by atoms with van der Waals surface area (Å²) in [4.78, 5) is 14.1. The Hall–Kier alpha value is -2.99.